The molecule has 0 aliphatic rings. The Hall–Kier alpha value is -0.650. The van der Waals surface area contributed by atoms with Gasteiger partial charge < -0.3 is 5.73 Å². The number of hydrogen-bond donors (Lipinski definition) is 1. The first kappa shape index (κ1) is 8.64. The summed E-state index contributed by atoms with van der Waals surface area (Å²) < 4.78 is 43.8. The molecule has 0 radical (unpaired) electrons. The number of halogens is 1. The lowest BCUT2D eigenvalue weighted by Crippen LogP contribution is -2.07. The van der Waals surface area contributed by atoms with E-state index < -0.39 is 22.7 Å². The van der Waals surface area contributed by atoms with Crippen molar-refractivity contribution < 1.29 is 12.5 Å². The number of aromatic nitrogens is 1. The van der Waals surface area contributed by atoms with Crippen molar-refractivity contribution in [1.82, 2.24) is 4.98 Å². The summed E-state index contributed by atoms with van der Waals surface area (Å²) in [6.45, 7) is -2.36. The van der Waals surface area contributed by atoms with Gasteiger partial charge >= 0.3 is 0 Å². The largest absolute Gasteiger partial charge is 0.324 e. The zero-order valence-electron chi connectivity index (χ0n) is 10.5. The van der Waals surface area contributed by atoms with Crippen LogP contribution in [0.4, 0.5) is 0 Å². The Balaban J connectivity index is 0.00000256. The SMILES string of the molecule is Cl.[2H]C([2H])([2H])[C@H](N)c1ccnc(S(C)(=O)=O)c1. The molecule has 1 aromatic rings. The van der Waals surface area contributed by atoms with Crippen LogP contribution in [0.15, 0.2) is 23.4 Å². The van der Waals surface area contributed by atoms with Gasteiger partial charge in [0.2, 0.25) is 0 Å². The molecule has 14 heavy (non-hydrogen) atoms. The van der Waals surface area contributed by atoms with Crippen molar-refractivity contribution in [3.63, 3.8) is 0 Å². The lowest BCUT2D eigenvalue weighted by Gasteiger charge is -2.05. The smallest absolute Gasteiger partial charge is 0.192 e. The number of nitrogens with two attached hydrogens (primary N) is 1. The quantitative estimate of drug-likeness (QED) is 0.833. The average Bonchev–Trinajstić information content (AvgIpc) is 2.14. The van der Waals surface area contributed by atoms with Gasteiger partial charge in [0, 0.05) is 22.6 Å². The van der Waals surface area contributed by atoms with Gasteiger partial charge in [-0.1, -0.05) is 0 Å². The van der Waals surface area contributed by atoms with Gasteiger partial charge in [0.25, 0.3) is 0 Å². The van der Waals surface area contributed by atoms with Crippen molar-refractivity contribution in [2.24, 2.45) is 5.73 Å². The predicted octanol–water partition coefficient (Wildman–Crippen LogP) is 0.927. The highest BCUT2D eigenvalue weighted by molar-refractivity contribution is 7.90. The first-order chi connectivity index (χ1) is 7.12. The number of pyridine rings is 1. The van der Waals surface area contributed by atoms with E-state index in [-0.39, 0.29) is 23.0 Å². The van der Waals surface area contributed by atoms with E-state index in [1.165, 1.54) is 18.3 Å². The molecule has 0 saturated heterocycles. The maximum Gasteiger partial charge on any atom is 0.192 e. The second kappa shape index (κ2) is 4.72. The molecule has 0 aromatic carbocycles. The van der Waals surface area contributed by atoms with Crippen molar-refractivity contribution in [1.29, 1.82) is 0 Å². The summed E-state index contributed by atoms with van der Waals surface area (Å²) in [7, 11) is -3.45. The molecule has 0 spiro atoms. The molecule has 2 N–H and O–H groups in total. The molecule has 1 aromatic heterocycles. The van der Waals surface area contributed by atoms with E-state index in [2.05, 4.69) is 4.98 Å². The van der Waals surface area contributed by atoms with E-state index in [0.717, 1.165) is 6.26 Å². The second-order valence-corrected chi connectivity index (χ2v) is 4.64. The molecule has 4 nitrogen and oxygen atoms in total. The molecule has 1 rings (SSSR count). The van der Waals surface area contributed by atoms with E-state index in [9.17, 15) is 8.42 Å². The van der Waals surface area contributed by atoms with Crippen LogP contribution < -0.4 is 5.73 Å². The molecule has 0 aliphatic heterocycles. The zero-order valence-corrected chi connectivity index (χ0v) is 9.10. The Kier molecular flexibility index (Phi) is 2.92. The fraction of sp³-hybridized carbons (Fsp3) is 0.375. The first-order valence-corrected chi connectivity index (χ1v) is 5.43. The normalized spacial score (nSPS) is 17.1. The summed E-state index contributed by atoms with van der Waals surface area (Å²) in [4.78, 5) is 3.65. The maximum atomic E-state index is 11.2. The Bertz CT molecular complexity index is 490. The van der Waals surface area contributed by atoms with Crippen LogP contribution in [0.1, 0.15) is 22.6 Å². The van der Waals surface area contributed by atoms with Gasteiger partial charge in [0.05, 0.1) is 0 Å². The Morgan fingerprint density at radius 3 is 2.79 bits per heavy atom. The van der Waals surface area contributed by atoms with E-state index in [1.54, 1.807) is 0 Å². The lowest BCUT2D eigenvalue weighted by atomic mass is 10.1. The molecular formula is C8H13ClN2O2S. The fourth-order valence-electron chi connectivity index (χ4n) is 0.821. The van der Waals surface area contributed by atoms with Crippen LogP contribution in [-0.4, -0.2) is 19.7 Å². The van der Waals surface area contributed by atoms with Crippen LogP contribution in [0.2, 0.25) is 0 Å². The van der Waals surface area contributed by atoms with Crippen LogP contribution in [0.25, 0.3) is 0 Å². The van der Waals surface area contributed by atoms with E-state index in [0.29, 0.717) is 0 Å². The van der Waals surface area contributed by atoms with Gasteiger partial charge in [-0.05, 0) is 24.5 Å². The Labute approximate surface area is 94.1 Å². The third kappa shape index (κ3) is 3.25. The molecule has 1 atom stereocenters. The molecular weight excluding hydrogens is 224 g/mol. The molecule has 0 fully saturated rings. The number of sulfone groups is 1. The summed E-state index contributed by atoms with van der Waals surface area (Å²) in [5.41, 5.74) is 5.73. The van der Waals surface area contributed by atoms with Crippen LogP contribution in [0.5, 0.6) is 0 Å². The zero-order chi connectivity index (χ0) is 12.6. The van der Waals surface area contributed by atoms with Crippen molar-refractivity contribution in [3.05, 3.63) is 23.9 Å². The van der Waals surface area contributed by atoms with Gasteiger partial charge in [0.1, 0.15) is 0 Å². The van der Waals surface area contributed by atoms with Crippen molar-refractivity contribution in [2.75, 3.05) is 6.26 Å². The summed E-state index contributed by atoms with van der Waals surface area (Å²) in [5, 5.41) is -0.176. The van der Waals surface area contributed by atoms with Crippen LogP contribution in [0.3, 0.4) is 0 Å². The summed E-state index contributed by atoms with van der Waals surface area (Å²) in [6, 6.07) is 1.37. The molecule has 6 heteroatoms. The summed E-state index contributed by atoms with van der Waals surface area (Å²) in [6.07, 6.45) is 2.23. The van der Waals surface area contributed by atoms with Crippen molar-refractivity contribution in [3.8, 4) is 0 Å². The standard InChI is InChI=1S/C8H12N2O2S.ClH/c1-6(9)7-3-4-10-8(5-7)13(2,11)12;/h3-6H,9H2,1-2H3;1H/t6-;/m0./s1/i1D3;. The Morgan fingerprint density at radius 1 is 1.64 bits per heavy atom. The average molecular weight is 240 g/mol. The molecule has 0 unspecified atom stereocenters. The van der Waals surface area contributed by atoms with Crippen LogP contribution in [-0.2, 0) is 9.84 Å². The monoisotopic (exact) mass is 239 g/mol. The maximum absolute atomic E-state index is 11.2. The van der Waals surface area contributed by atoms with Gasteiger partial charge in [-0.3, -0.25) is 0 Å². The van der Waals surface area contributed by atoms with Gasteiger partial charge in [-0.15, -0.1) is 12.4 Å². The minimum atomic E-state index is -3.45. The van der Waals surface area contributed by atoms with Crippen LogP contribution >= 0.6 is 12.4 Å². The summed E-state index contributed by atoms with van der Waals surface area (Å²) in [5.74, 6) is 0. The second-order valence-electron chi connectivity index (χ2n) is 2.68. The number of rotatable bonds is 2. The fourth-order valence-corrected chi connectivity index (χ4v) is 1.42. The molecule has 0 saturated carbocycles. The van der Waals surface area contributed by atoms with Crippen molar-refractivity contribution >= 4 is 22.2 Å². The third-order valence-electron chi connectivity index (χ3n) is 1.50. The van der Waals surface area contributed by atoms with E-state index >= 15 is 0 Å². The molecule has 0 amide bonds. The molecule has 0 aliphatic carbocycles. The highest BCUT2D eigenvalue weighted by Gasteiger charge is 2.10. The highest BCUT2D eigenvalue weighted by Crippen LogP contribution is 2.12. The molecule has 80 valence electrons. The predicted molar refractivity (Wildman–Crippen MR) is 57.2 cm³/mol. The first-order valence-electron chi connectivity index (χ1n) is 5.04. The number of nitrogens with zero attached hydrogens (tertiary/aromatic N) is 1. The lowest BCUT2D eigenvalue weighted by molar-refractivity contribution is 0.598. The van der Waals surface area contributed by atoms with E-state index in [4.69, 9.17) is 9.85 Å². The highest BCUT2D eigenvalue weighted by atomic mass is 35.5. The minimum Gasteiger partial charge on any atom is -0.324 e. The molecule has 0 bridgehead atoms. The topological polar surface area (TPSA) is 73.0 Å². The summed E-state index contributed by atoms with van der Waals surface area (Å²) >= 11 is 0. The Morgan fingerprint density at radius 2 is 2.29 bits per heavy atom. The van der Waals surface area contributed by atoms with Gasteiger partial charge in [-0.25, -0.2) is 13.4 Å². The third-order valence-corrected chi connectivity index (χ3v) is 2.48. The van der Waals surface area contributed by atoms with E-state index in [1.807, 2.05) is 0 Å². The minimum absolute atomic E-state index is 0. The van der Waals surface area contributed by atoms with Gasteiger partial charge in [-0.2, -0.15) is 0 Å². The van der Waals surface area contributed by atoms with Gasteiger partial charge in [0.15, 0.2) is 14.9 Å². The molecule has 1 heterocycles. The van der Waals surface area contributed by atoms with Crippen molar-refractivity contribution in [2.45, 2.75) is 17.9 Å². The van der Waals surface area contributed by atoms with Crippen LogP contribution in [0, 0.1) is 0 Å². The number of hydrogen-bond acceptors (Lipinski definition) is 4.